The minimum atomic E-state index is -1.20. The van der Waals surface area contributed by atoms with E-state index in [0.717, 1.165) is 0 Å². The lowest BCUT2D eigenvalue weighted by Gasteiger charge is -2.10. The molecule has 16 heavy (non-hydrogen) atoms. The van der Waals surface area contributed by atoms with Gasteiger partial charge in [-0.25, -0.2) is 9.59 Å². The lowest BCUT2D eigenvalue weighted by molar-refractivity contribution is 0.141. The molecule has 1 atom stereocenters. The number of nitrogens with two attached hydrogens (primary N) is 1. The quantitative estimate of drug-likeness (QED) is 0.622. The van der Waals surface area contributed by atoms with Crippen molar-refractivity contribution in [3.63, 3.8) is 0 Å². The van der Waals surface area contributed by atoms with Crippen LogP contribution in [0.25, 0.3) is 0 Å². The number of nitrogens with one attached hydrogen (secondary N) is 1. The van der Waals surface area contributed by atoms with Gasteiger partial charge in [-0.2, -0.15) is 0 Å². The molecule has 86 valence electrons. The number of carbonyl (C=O) groups is 2. The number of aliphatic hydroxyl groups excluding tert-OH is 1. The first-order chi connectivity index (χ1) is 7.59. The number of aromatic nitrogens is 1. The molecule has 2 amide bonds. The van der Waals surface area contributed by atoms with Gasteiger partial charge in [0.25, 0.3) is 0 Å². The maximum Gasteiger partial charge on any atom is 0.416 e. The molecular formula is C9H11N3O4. The van der Waals surface area contributed by atoms with E-state index in [1.807, 2.05) is 0 Å². The Morgan fingerprint density at radius 3 is 2.88 bits per heavy atom. The molecule has 0 aliphatic rings. The summed E-state index contributed by atoms with van der Waals surface area (Å²) in [5, 5.41) is 11.7. The molecule has 4 N–H and O–H groups in total. The minimum absolute atomic E-state index is 0.122. The average Bonchev–Trinajstić information content (AvgIpc) is 2.26. The van der Waals surface area contributed by atoms with E-state index in [4.69, 9.17) is 0 Å². The highest BCUT2D eigenvalue weighted by atomic mass is 16.6. The number of alkyl carbamates (subject to hydrolysis) is 1. The number of carbonyl (C=O) groups excluding carboxylic acids is 2. The van der Waals surface area contributed by atoms with Crippen molar-refractivity contribution in [3.8, 4) is 0 Å². The molecule has 0 aromatic carbocycles. The van der Waals surface area contributed by atoms with Crippen LogP contribution in [-0.4, -0.2) is 28.8 Å². The maximum atomic E-state index is 10.8. The van der Waals surface area contributed by atoms with Crippen LogP contribution in [-0.2, 0) is 4.74 Å². The van der Waals surface area contributed by atoms with Crippen molar-refractivity contribution in [1.82, 2.24) is 10.3 Å². The standard InChI is InChI=1S/C9H11N3O4/c10-8(14)16-9(15)12-5-7(13)6-3-1-2-4-11-6/h1-4,7,13H,5H2,(H2,10,14)(H,12,15). The number of hydrogen-bond acceptors (Lipinski definition) is 5. The Kier molecular flexibility index (Phi) is 4.22. The normalized spacial score (nSPS) is 11.6. The number of rotatable bonds is 3. The van der Waals surface area contributed by atoms with E-state index in [-0.39, 0.29) is 6.54 Å². The topological polar surface area (TPSA) is 115 Å². The monoisotopic (exact) mass is 225 g/mol. The third-order valence-electron chi connectivity index (χ3n) is 1.66. The number of pyridine rings is 1. The Bertz CT molecular complexity index is 368. The Morgan fingerprint density at radius 2 is 2.31 bits per heavy atom. The van der Waals surface area contributed by atoms with Crippen molar-refractivity contribution < 1.29 is 19.4 Å². The fraction of sp³-hybridized carbons (Fsp3) is 0.222. The van der Waals surface area contributed by atoms with Crippen LogP contribution < -0.4 is 11.1 Å². The first-order valence-corrected chi connectivity index (χ1v) is 4.43. The second-order valence-electron chi connectivity index (χ2n) is 2.86. The predicted octanol–water partition coefficient (Wildman–Crippen LogP) is -0.0801. The van der Waals surface area contributed by atoms with Gasteiger partial charge >= 0.3 is 12.2 Å². The van der Waals surface area contributed by atoms with Gasteiger partial charge in [0.15, 0.2) is 0 Å². The summed E-state index contributed by atoms with van der Waals surface area (Å²) < 4.78 is 3.99. The zero-order chi connectivity index (χ0) is 12.0. The predicted molar refractivity (Wildman–Crippen MR) is 53.3 cm³/mol. The van der Waals surface area contributed by atoms with E-state index >= 15 is 0 Å². The molecule has 0 bridgehead atoms. The van der Waals surface area contributed by atoms with Crippen LogP contribution in [0.5, 0.6) is 0 Å². The molecule has 1 heterocycles. The van der Waals surface area contributed by atoms with Crippen LogP contribution >= 0.6 is 0 Å². The highest BCUT2D eigenvalue weighted by Gasteiger charge is 2.11. The first kappa shape index (κ1) is 11.9. The number of nitrogens with zero attached hydrogens (tertiary/aromatic N) is 1. The van der Waals surface area contributed by atoms with Gasteiger partial charge < -0.3 is 20.9 Å². The van der Waals surface area contributed by atoms with Gasteiger partial charge in [-0.3, -0.25) is 4.98 Å². The SMILES string of the molecule is NC(=O)OC(=O)NCC(O)c1ccccn1. The molecule has 1 aromatic heterocycles. The molecule has 1 unspecified atom stereocenters. The van der Waals surface area contributed by atoms with Crippen LogP contribution in [0.4, 0.5) is 9.59 Å². The fourth-order valence-corrected chi connectivity index (χ4v) is 0.985. The third kappa shape index (κ3) is 3.93. The highest BCUT2D eigenvalue weighted by Crippen LogP contribution is 2.06. The van der Waals surface area contributed by atoms with E-state index in [1.54, 1.807) is 18.2 Å². The van der Waals surface area contributed by atoms with Crippen molar-refractivity contribution >= 4 is 12.2 Å². The largest absolute Gasteiger partial charge is 0.416 e. The second kappa shape index (κ2) is 5.66. The van der Waals surface area contributed by atoms with Crippen LogP contribution in [0, 0.1) is 0 Å². The smallest absolute Gasteiger partial charge is 0.385 e. The number of primary amides is 1. The van der Waals surface area contributed by atoms with Gasteiger partial charge in [0.1, 0.15) is 6.10 Å². The summed E-state index contributed by atoms with van der Waals surface area (Å²) in [5.41, 5.74) is 5.02. The maximum absolute atomic E-state index is 10.8. The molecule has 0 aliphatic carbocycles. The molecule has 0 saturated carbocycles. The Labute approximate surface area is 91.2 Å². The average molecular weight is 225 g/mol. The van der Waals surface area contributed by atoms with E-state index in [1.165, 1.54) is 6.20 Å². The molecule has 0 radical (unpaired) electrons. The Balaban J connectivity index is 2.39. The van der Waals surface area contributed by atoms with Gasteiger partial charge in [-0.15, -0.1) is 0 Å². The molecule has 7 heteroatoms. The molecular weight excluding hydrogens is 214 g/mol. The minimum Gasteiger partial charge on any atom is -0.385 e. The van der Waals surface area contributed by atoms with Gasteiger partial charge in [0.2, 0.25) is 0 Å². The van der Waals surface area contributed by atoms with Gasteiger partial charge in [-0.05, 0) is 12.1 Å². The molecule has 7 nitrogen and oxygen atoms in total. The molecule has 0 saturated heterocycles. The zero-order valence-corrected chi connectivity index (χ0v) is 8.29. The molecule has 1 aromatic rings. The summed E-state index contributed by atoms with van der Waals surface area (Å²) >= 11 is 0. The Morgan fingerprint density at radius 1 is 1.56 bits per heavy atom. The summed E-state index contributed by atoms with van der Waals surface area (Å²) in [5.74, 6) is 0. The second-order valence-corrected chi connectivity index (χ2v) is 2.86. The van der Waals surface area contributed by atoms with E-state index in [2.05, 4.69) is 20.8 Å². The van der Waals surface area contributed by atoms with Crippen LogP contribution in [0.1, 0.15) is 11.8 Å². The van der Waals surface area contributed by atoms with E-state index in [0.29, 0.717) is 5.69 Å². The summed E-state index contributed by atoms with van der Waals surface area (Å²) in [7, 11) is 0. The van der Waals surface area contributed by atoms with Crippen molar-refractivity contribution in [3.05, 3.63) is 30.1 Å². The number of hydrogen-bond donors (Lipinski definition) is 3. The summed E-state index contributed by atoms with van der Waals surface area (Å²) in [6.07, 6.45) is -1.67. The van der Waals surface area contributed by atoms with Crippen LogP contribution in [0.2, 0.25) is 0 Å². The fourth-order valence-electron chi connectivity index (χ4n) is 0.985. The number of aliphatic hydroxyl groups is 1. The molecule has 1 rings (SSSR count). The number of amides is 2. The first-order valence-electron chi connectivity index (χ1n) is 4.43. The van der Waals surface area contributed by atoms with Crippen molar-refractivity contribution in [2.24, 2.45) is 5.73 Å². The van der Waals surface area contributed by atoms with Gasteiger partial charge in [-0.1, -0.05) is 6.07 Å². The van der Waals surface area contributed by atoms with Crippen LogP contribution in [0.3, 0.4) is 0 Å². The van der Waals surface area contributed by atoms with E-state index < -0.39 is 18.3 Å². The summed E-state index contributed by atoms with van der Waals surface area (Å²) in [4.78, 5) is 24.9. The van der Waals surface area contributed by atoms with Crippen molar-refractivity contribution in [1.29, 1.82) is 0 Å². The Hall–Kier alpha value is -2.15. The lowest BCUT2D eigenvalue weighted by Crippen LogP contribution is -2.32. The lowest BCUT2D eigenvalue weighted by atomic mass is 10.2. The van der Waals surface area contributed by atoms with Gasteiger partial charge in [0.05, 0.1) is 12.2 Å². The van der Waals surface area contributed by atoms with Gasteiger partial charge in [0, 0.05) is 6.20 Å². The molecule has 0 fully saturated rings. The summed E-state index contributed by atoms with van der Waals surface area (Å²) in [6.45, 7) is -0.122. The third-order valence-corrected chi connectivity index (χ3v) is 1.66. The summed E-state index contributed by atoms with van der Waals surface area (Å²) in [6, 6.07) is 5.00. The van der Waals surface area contributed by atoms with Crippen LogP contribution in [0.15, 0.2) is 24.4 Å². The zero-order valence-electron chi connectivity index (χ0n) is 8.29. The number of ether oxygens (including phenoxy) is 1. The molecule has 0 aliphatic heterocycles. The highest BCUT2D eigenvalue weighted by molar-refractivity contribution is 5.82. The van der Waals surface area contributed by atoms with E-state index in [9.17, 15) is 14.7 Å². The van der Waals surface area contributed by atoms with Crippen molar-refractivity contribution in [2.75, 3.05) is 6.54 Å². The molecule has 0 spiro atoms. The van der Waals surface area contributed by atoms with Crippen molar-refractivity contribution in [2.45, 2.75) is 6.10 Å².